The molecule has 2 aromatic carbocycles. The molecule has 0 amide bonds. The molecule has 5 rings (SSSR count). The quantitative estimate of drug-likeness (QED) is 0.420. The summed E-state index contributed by atoms with van der Waals surface area (Å²) in [5.41, 5.74) is 3.78. The number of hydrogen-bond donors (Lipinski definition) is 2. The van der Waals surface area contributed by atoms with Gasteiger partial charge in [-0.3, -0.25) is 4.90 Å². The Kier molecular flexibility index (Phi) is 6.52. The van der Waals surface area contributed by atoms with Crippen LogP contribution in [0.1, 0.15) is 6.92 Å². The zero-order valence-corrected chi connectivity index (χ0v) is 19.9. The van der Waals surface area contributed by atoms with Crippen LogP contribution < -0.4 is 15.0 Å². The van der Waals surface area contributed by atoms with Gasteiger partial charge in [-0.25, -0.2) is 13.9 Å². The summed E-state index contributed by atoms with van der Waals surface area (Å²) in [6.45, 7) is 5.46. The normalized spacial score (nSPS) is 15.4. The van der Waals surface area contributed by atoms with Crippen LogP contribution in [-0.2, 0) is 0 Å². The molecule has 1 saturated heterocycles. The summed E-state index contributed by atoms with van der Waals surface area (Å²) < 4.78 is 22.3. The minimum absolute atomic E-state index is 0.296. The van der Waals surface area contributed by atoms with E-state index in [2.05, 4.69) is 20.3 Å². The second kappa shape index (κ2) is 9.89. The molecular weight excluding hydrogens is 447 g/mol. The first-order valence-corrected chi connectivity index (χ1v) is 11.7. The maximum absolute atomic E-state index is 15.0. The molecule has 3 heterocycles. The van der Waals surface area contributed by atoms with Gasteiger partial charge in [0.25, 0.3) is 0 Å². The van der Waals surface area contributed by atoms with E-state index in [1.165, 1.54) is 6.07 Å². The minimum atomic E-state index is -0.359. The topological polar surface area (TPSA) is 78.2 Å². The van der Waals surface area contributed by atoms with Gasteiger partial charge in [-0.15, -0.1) is 5.10 Å². The van der Waals surface area contributed by atoms with Crippen molar-refractivity contribution in [1.29, 1.82) is 0 Å². The highest BCUT2D eigenvalue weighted by molar-refractivity contribution is 5.72. The number of β-amino-alcohol motifs (C(OH)–C–C–N with tert-alkyl or cyclic N) is 1. The number of benzene rings is 2. The molecule has 0 aliphatic carbocycles. The van der Waals surface area contributed by atoms with Gasteiger partial charge in [0, 0.05) is 44.0 Å². The van der Waals surface area contributed by atoms with E-state index in [0.29, 0.717) is 23.9 Å². The Morgan fingerprint density at radius 2 is 1.89 bits per heavy atom. The number of ether oxygens (including phenoxy) is 1. The molecule has 1 aliphatic heterocycles. The number of anilines is 3. The Labute approximate surface area is 203 Å². The van der Waals surface area contributed by atoms with Crippen molar-refractivity contribution in [2.75, 3.05) is 50.1 Å². The van der Waals surface area contributed by atoms with Crippen LogP contribution in [0.25, 0.3) is 16.8 Å². The number of hydrogen-bond acceptors (Lipinski definition) is 7. The Balaban J connectivity index is 1.34. The van der Waals surface area contributed by atoms with Crippen LogP contribution in [0, 0.1) is 5.82 Å². The Bertz CT molecular complexity index is 1320. The number of rotatable bonds is 7. The third-order valence-corrected chi connectivity index (χ3v) is 6.22. The molecule has 1 atom stereocenters. The SMILES string of the molecule is COc1ccccc1-c1ccc2cnc(Nc3ccc(N4CCN(C[C@H](C)O)CC4)c(F)c3)nn12. The Hall–Kier alpha value is -3.69. The van der Waals surface area contributed by atoms with E-state index in [1.807, 2.05) is 47.4 Å². The van der Waals surface area contributed by atoms with Crippen LogP contribution in [-0.4, -0.2) is 70.5 Å². The maximum atomic E-state index is 15.0. The van der Waals surface area contributed by atoms with E-state index in [1.54, 1.807) is 30.8 Å². The molecule has 35 heavy (non-hydrogen) atoms. The average molecular weight is 477 g/mol. The van der Waals surface area contributed by atoms with Crippen molar-refractivity contribution >= 4 is 22.8 Å². The molecular formula is C26H29FN6O2. The monoisotopic (exact) mass is 476 g/mol. The number of aliphatic hydroxyl groups is 1. The van der Waals surface area contributed by atoms with E-state index in [-0.39, 0.29) is 11.9 Å². The number of fused-ring (bicyclic) bond motifs is 1. The van der Waals surface area contributed by atoms with Crippen molar-refractivity contribution < 1.29 is 14.2 Å². The molecule has 2 N–H and O–H groups in total. The molecule has 4 aromatic rings. The first kappa shape index (κ1) is 23.1. The number of piperazine rings is 1. The number of methoxy groups -OCH3 is 1. The van der Waals surface area contributed by atoms with E-state index < -0.39 is 0 Å². The van der Waals surface area contributed by atoms with Crippen LogP contribution >= 0.6 is 0 Å². The molecule has 0 bridgehead atoms. The second-order valence-corrected chi connectivity index (χ2v) is 8.77. The van der Waals surface area contributed by atoms with Crippen molar-refractivity contribution in [1.82, 2.24) is 19.5 Å². The summed E-state index contributed by atoms with van der Waals surface area (Å²) in [6, 6.07) is 16.8. The molecule has 0 radical (unpaired) electrons. The van der Waals surface area contributed by atoms with Crippen molar-refractivity contribution in [2.45, 2.75) is 13.0 Å². The fraction of sp³-hybridized carbons (Fsp3) is 0.308. The summed E-state index contributed by atoms with van der Waals surface area (Å²) in [6.07, 6.45) is 1.37. The second-order valence-electron chi connectivity index (χ2n) is 8.77. The number of para-hydroxylation sites is 1. The third kappa shape index (κ3) is 4.91. The van der Waals surface area contributed by atoms with Crippen LogP contribution in [0.15, 0.2) is 60.8 Å². The molecule has 0 saturated carbocycles. The lowest BCUT2D eigenvalue weighted by atomic mass is 10.1. The number of aliphatic hydroxyl groups excluding tert-OH is 1. The van der Waals surface area contributed by atoms with Crippen LogP contribution in [0.3, 0.4) is 0 Å². The lowest BCUT2D eigenvalue weighted by Gasteiger charge is -2.36. The zero-order chi connectivity index (χ0) is 24.4. The summed E-state index contributed by atoms with van der Waals surface area (Å²) in [7, 11) is 1.64. The van der Waals surface area contributed by atoms with Gasteiger partial charge < -0.3 is 20.1 Å². The third-order valence-electron chi connectivity index (χ3n) is 6.22. The fourth-order valence-corrected chi connectivity index (χ4v) is 4.53. The van der Waals surface area contributed by atoms with E-state index >= 15 is 4.39 Å². The van der Waals surface area contributed by atoms with Gasteiger partial charge in [0.1, 0.15) is 11.6 Å². The van der Waals surface area contributed by atoms with Gasteiger partial charge in [-0.1, -0.05) is 12.1 Å². The predicted octanol–water partition coefficient (Wildman–Crippen LogP) is 3.79. The van der Waals surface area contributed by atoms with Crippen molar-refractivity contribution in [3.63, 3.8) is 0 Å². The smallest absolute Gasteiger partial charge is 0.245 e. The van der Waals surface area contributed by atoms with Crippen LogP contribution in [0.2, 0.25) is 0 Å². The first-order chi connectivity index (χ1) is 17.0. The van der Waals surface area contributed by atoms with Crippen molar-refractivity contribution in [3.05, 3.63) is 66.6 Å². The van der Waals surface area contributed by atoms with E-state index in [4.69, 9.17) is 4.74 Å². The number of nitrogens with one attached hydrogen (secondary N) is 1. The summed E-state index contributed by atoms with van der Waals surface area (Å²) in [4.78, 5) is 8.63. The van der Waals surface area contributed by atoms with Crippen LogP contribution in [0.5, 0.6) is 5.75 Å². The zero-order valence-electron chi connectivity index (χ0n) is 19.9. The molecule has 182 valence electrons. The lowest BCUT2D eigenvalue weighted by Crippen LogP contribution is -2.48. The standard InChI is InChI=1S/C26H29FN6O2/c1-18(34)17-31-11-13-32(14-12-31)24-9-7-19(15-22(24)27)29-26-28-16-20-8-10-23(33(20)30-26)21-5-3-4-6-25(21)35-2/h3-10,15-16,18,34H,11-14,17H2,1-2H3,(H,29,30)/t18-/m0/s1. The highest BCUT2D eigenvalue weighted by Gasteiger charge is 2.20. The van der Waals surface area contributed by atoms with Gasteiger partial charge in [0.15, 0.2) is 0 Å². The van der Waals surface area contributed by atoms with Gasteiger partial charge in [0.05, 0.1) is 36.3 Å². The number of halogens is 1. The summed E-state index contributed by atoms with van der Waals surface area (Å²) >= 11 is 0. The summed E-state index contributed by atoms with van der Waals surface area (Å²) in [5.74, 6) is 0.824. The van der Waals surface area contributed by atoms with Crippen molar-refractivity contribution in [2.24, 2.45) is 0 Å². The Morgan fingerprint density at radius 3 is 2.63 bits per heavy atom. The fourth-order valence-electron chi connectivity index (χ4n) is 4.53. The van der Waals surface area contributed by atoms with Gasteiger partial charge in [0.2, 0.25) is 5.95 Å². The highest BCUT2D eigenvalue weighted by Crippen LogP contribution is 2.31. The Morgan fingerprint density at radius 1 is 1.09 bits per heavy atom. The highest BCUT2D eigenvalue weighted by atomic mass is 19.1. The summed E-state index contributed by atoms with van der Waals surface area (Å²) in [5, 5.41) is 17.3. The largest absolute Gasteiger partial charge is 0.496 e. The molecule has 8 nitrogen and oxygen atoms in total. The molecule has 2 aromatic heterocycles. The van der Waals surface area contributed by atoms with Gasteiger partial charge >= 0.3 is 0 Å². The molecule has 1 fully saturated rings. The number of nitrogens with zero attached hydrogens (tertiary/aromatic N) is 5. The van der Waals surface area contributed by atoms with Gasteiger partial charge in [-0.2, -0.15) is 0 Å². The van der Waals surface area contributed by atoms with Gasteiger partial charge in [-0.05, 0) is 49.4 Å². The predicted molar refractivity (Wildman–Crippen MR) is 135 cm³/mol. The molecule has 9 heteroatoms. The molecule has 1 aliphatic rings. The first-order valence-electron chi connectivity index (χ1n) is 11.7. The average Bonchev–Trinajstić information content (AvgIpc) is 3.27. The van der Waals surface area contributed by atoms with E-state index in [9.17, 15) is 5.11 Å². The van der Waals surface area contributed by atoms with E-state index in [0.717, 1.165) is 48.7 Å². The van der Waals surface area contributed by atoms with Crippen LogP contribution in [0.4, 0.5) is 21.7 Å². The maximum Gasteiger partial charge on any atom is 0.245 e. The minimum Gasteiger partial charge on any atom is -0.496 e. The van der Waals surface area contributed by atoms with Crippen molar-refractivity contribution in [3.8, 4) is 17.0 Å². The lowest BCUT2D eigenvalue weighted by molar-refractivity contribution is 0.122. The number of aromatic nitrogens is 3. The molecule has 0 spiro atoms. The molecule has 0 unspecified atom stereocenters.